The number of likely N-dealkylation sites (N-methyl/N-ethyl adjacent to an activating group) is 1. The molecule has 3 heterocycles. The molecule has 4 rings (SSSR count). The highest BCUT2D eigenvalue weighted by atomic mass is 16.5. The van der Waals surface area contributed by atoms with Crippen molar-refractivity contribution in [1.29, 1.82) is 0 Å². The van der Waals surface area contributed by atoms with Gasteiger partial charge in [0.1, 0.15) is 11.9 Å². The van der Waals surface area contributed by atoms with E-state index < -0.39 is 0 Å². The Balaban J connectivity index is 1.36. The lowest BCUT2D eigenvalue weighted by molar-refractivity contribution is -0.126. The van der Waals surface area contributed by atoms with E-state index in [0.717, 1.165) is 57.7 Å². The highest BCUT2D eigenvalue weighted by Gasteiger charge is 2.41. The van der Waals surface area contributed by atoms with Crippen LogP contribution in [0.2, 0.25) is 0 Å². The van der Waals surface area contributed by atoms with Crippen LogP contribution < -0.4 is 10.1 Å². The average molecular weight is 426 g/mol. The Hall–Kier alpha value is -2.38. The van der Waals surface area contributed by atoms with Gasteiger partial charge in [0.25, 0.3) is 0 Å². The number of amides is 1. The number of ether oxygens (including phenoxy) is 1. The van der Waals surface area contributed by atoms with Crippen LogP contribution in [0.4, 0.5) is 0 Å². The Morgan fingerprint density at radius 1 is 1.23 bits per heavy atom. The molecular formula is C24H35N5O2. The predicted octanol–water partition coefficient (Wildman–Crippen LogP) is 2.44. The summed E-state index contributed by atoms with van der Waals surface area (Å²) in [6.45, 7) is 9.05. The van der Waals surface area contributed by atoms with Gasteiger partial charge in [-0.2, -0.15) is 5.10 Å². The maximum Gasteiger partial charge on any atom is 0.237 e. The first kappa shape index (κ1) is 21.8. The molecule has 2 atom stereocenters. The standard InChI is InChI=1S/C24H35N5O2/c1-4-29-18(2)19(15-26-29)16-27-12-10-20(11-13-27)28-17-22(14-23(28)24(30)25-3)31-21-8-6-5-7-9-21/h5-9,15,20,22-23H,4,10-14,16-17H2,1-3H3,(H,25,30)/t22-,23-/m0/s1. The number of hydrogen-bond donors (Lipinski definition) is 1. The minimum atomic E-state index is -0.111. The maximum atomic E-state index is 12.6. The van der Waals surface area contributed by atoms with Gasteiger partial charge in [0.05, 0.1) is 12.2 Å². The number of aryl methyl sites for hydroxylation is 1. The monoisotopic (exact) mass is 425 g/mol. The first-order chi connectivity index (χ1) is 15.1. The van der Waals surface area contributed by atoms with Gasteiger partial charge < -0.3 is 10.1 Å². The quantitative estimate of drug-likeness (QED) is 0.738. The minimum Gasteiger partial charge on any atom is -0.489 e. The highest BCUT2D eigenvalue weighted by molar-refractivity contribution is 5.81. The molecule has 2 aliphatic rings. The van der Waals surface area contributed by atoms with Crippen molar-refractivity contribution in [1.82, 2.24) is 24.9 Å². The molecule has 168 valence electrons. The molecule has 2 aliphatic heterocycles. The molecule has 1 aromatic heterocycles. The Labute approximate surface area is 185 Å². The number of carbonyl (C=O) groups excluding carboxylic acids is 1. The van der Waals surface area contributed by atoms with E-state index in [1.54, 1.807) is 7.05 Å². The maximum absolute atomic E-state index is 12.6. The lowest BCUT2D eigenvalue weighted by Crippen LogP contribution is -2.50. The highest BCUT2D eigenvalue weighted by Crippen LogP contribution is 2.29. The molecule has 2 fully saturated rings. The van der Waals surface area contributed by atoms with Crippen molar-refractivity contribution in [3.05, 3.63) is 47.8 Å². The van der Waals surface area contributed by atoms with Gasteiger partial charge in [0, 0.05) is 50.4 Å². The number of nitrogens with zero attached hydrogens (tertiary/aromatic N) is 4. The molecule has 31 heavy (non-hydrogen) atoms. The summed E-state index contributed by atoms with van der Waals surface area (Å²) in [5.74, 6) is 0.979. The Kier molecular flexibility index (Phi) is 6.92. The zero-order valence-corrected chi connectivity index (χ0v) is 19.0. The first-order valence-corrected chi connectivity index (χ1v) is 11.5. The Morgan fingerprint density at radius 2 is 1.97 bits per heavy atom. The second-order valence-corrected chi connectivity index (χ2v) is 8.69. The summed E-state index contributed by atoms with van der Waals surface area (Å²) < 4.78 is 8.27. The number of hydrogen-bond acceptors (Lipinski definition) is 5. The second kappa shape index (κ2) is 9.83. The van der Waals surface area contributed by atoms with Gasteiger partial charge >= 0.3 is 0 Å². The number of benzene rings is 1. The molecular weight excluding hydrogens is 390 g/mol. The third-order valence-corrected chi connectivity index (χ3v) is 6.82. The number of likely N-dealkylation sites (tertiary alicyclic amines) is 2. The first-order valence-electron chi connectivity index (χ1n) is 11.5. The Bertz CT molecular complexity index is 860. The topological polar surface area (TPSA) is 62.6 Å². The number of rotatable bonds is 7. The van der Waals surface area contributed by atoms with Gasteiger partial charge in [0.2, 0.25) is 5.91 Å². The van der Waals surface area contributed by atoms with Crippen LogP contribution >= 0.6 is 0 Å². The molecule has 2 saturated heterocycles. The largest absolute Gasteiger partial charge is 0.489 e. The van der Waals surface area contributed by atoms with E-state index in [4.69, 9.17) is 4.74 Å². The number of aromatic nitrogens is 2. The number of piperidine rings is 1. The van der Waals surface area contributed by atoms with Crippen LogP contribution in [0.3, 0.4) is 0 Å². The third kappa shape index (κ3) is 4.93. The van der Waals surface area contributed by atoms with Crippen molar-refractivity contribution in [3.8, 4) is 5.75 Å². The van der Waals surface area contributed by atoms with Crippen LogP contribution in [-0.4, -0.2) is 70.4 Å². The minimum absolute atomic E-state index is 0.0465. The summed E-state index contributed by atoms with van der Waals surface area (Å²) in [6.07, 6.45) is 4.95. The summed E-state index contributed by atoms with van der Waals surface area (Å²) in [6, 6.07) is 10.2. The molecule has 0 radical (unpaired) electrons. The third-order valence-electron chi connectivity index (χ3n) is 6.82. The van der Waals surface area contributed by atoms with Crippen LogP contribution in [0.1, 0.15) is 37.4 Å². The molecule has 0 bridgehead atoms. The molecule has 1 amide bonds. The van der Waals surface area contributed by atoms with Crippen LogP contribution in [0.5, 0.6) is 5.75 Å². The zero-order chi connectivity index (χ0) is 21.8. The van der Waals surface area contributed by atoms with Gasteiger partial charge in [-0.1, -0.05) is 18.2 Å². The van der Waals surface area contributed by atoms with Crippen LogP contribution in [0.25, 0.3) is 0 Å². The van der Waals surface area contributed by atoms with Crippen molar-refractivity contribution >= 4 is 5.91 Å². The molecule has 0 unspecified atom stereocenters. The van der Waals surface area contributed by atoms with Gasteiger partial charge in [-0.05, 0) is 51.9 Å². The van der Waals surface area contributed by atoms with Crippen molar-refractivity contribution in [2.45, 2.75) is 64.4 Å². The van der Waals surface area contributed by atoms with E-state index in [1.165, 1.54) is 11.3 Å². The molecule has 0 aliphatic carbocycles. The molecule has 7 nitrogen and oxygen atoms in total. The van der Waals surface area contributed by atoms with E-state index in [0.29, 0.717) is 6.04 Å². The molecule has 2 aromatic rings. The van der Waals surface area contributed by atoms with E-state index >= 15 is 0 Å². The van der Waals surface area contributed by atoms with Gasteiger partial charge in [-0.25, -0.2) is 0 Å². The summed E-state index contributed by atoms with van der Waals surface area (Å²) in [5, 5.41) is 7.34. The summed E-state index contributed by atoms with van der Waals surface area (Å²) >= 11 is 0. The fourth-order valence-corrected chi connectivity index (χ4v) is 5.04. The molecule has 1 N–H and O–H groups in total. The zero-order valence-electron chi connectivity index (χ0n) is 19.0. The van der Waals surface area contributed by atoms with Crippen LogP contribution in [0, 0.1) is 6.92 Å². The lowest BCUT2D eigenvalue weighted by atomic mass is 10.0. The number of nitrogens with one attached hydrogen (secondary N) is 1. The van der Waals surface area contributed by atoms with Gasteiger partial charge in [0.15, 0.2) is 0 Å². The predicted molar refractivity (Wildman–Crippen MR) is 121 cm³/mol. The average Bonchev–Trinajstić information content (AvgIpc) is 3.38. The second-order valence-electron chi connectivity index (χ2n) is 8.69. The number of para-hydroxylation sites is 1. The van der Waals surface area contributed by atoms with Crippen molar-refractivity contribution < 1.29 is 9.53 Å². The van der Waals surface area contributed by atoms with E-state index in [-0.39, 0.29) is 18.1 Å². The van der Waals surface area contributed by atoms with Crippen molar-refractivity contribution in [2.24, 2.45) is 0 Å². The van der Waals surface area contributed by atoms with Gasteiger partial charge in [-0.3, -0.25) is 19.3 Å². The molecule has 7 heteroatoms. The lowest BCUT2D eigenvalue weighted by Gasteiger charge is -2.38. The van der Waals surface area contributed by atoms with E-state index in [9.17, 15) is 4.79 Å². The normalized spacial score (nSPS) is 23.2. The van der Waals surface area contributed by atoms with E-state index in [2.05, 4.69) is 38.7 Å². The SMILES string of the molecule is CCn1ncc(CN2CCC(N3C[C@@H](Oc4ccccc4)C[C@H]3C(=O)NC)CC2)c1C. The smallest absolute Gasteiger partial charge is 0.237 e. The molecule has 1 aromatic carbocycles. The number of carbonyl (C=O) groups is 1. The summed E-state index contributed by atoms with van der Waals surface area (Å²) in [7, 11) is 1.73. The Morgan fingerprint density at radius 3 is 2.61 bits per heavy atom. The summed E-state index contributed by atoms with van der Waals surface area (Å²) in [5.41, 5.74) is 2.59. The fourth-order valence-electron chi connectivity index (χ4n) is 5.04. The summed E-state index contributed by atoms with van der Waals surface area (Å²) in [4.78, 5) is 17.5. The van der Waals surface area contributed by atoms with Gasteiger partial charge in [-0.15, -0.1) is 0 Å². The molecule has 0 spiro atoms. The van der Waals surface area contributed by atoms with Crippen molar-refractivity contribution in [2.75, 3.05) is 26.7 Å². The van der Waals surface area contributed by atoms with E-state index in [1.807, 2.05) is 36.5 Å². The van der Waals surface area contributed by atoms with Crippen LogP contribution in [-0.2, 0) is 17.9 Å². The van der Waals surface area contributed by atoms with Crippen molar-refractivity contribution in [3.63, 3.8) is 0 Å². The molecule has 0 saturated carbocycles. The fraction of sp³-hybridized carbons (Fsp3) is 0.583. The van der Waals surface area contributed by atoms with Crippen LogP contribution in [0.15, 0.2) is 36.5 Å².